The number of imide groups is 1. The number of rotatable bonds is 3. The summed E-state index contributed by atoms with van der Waals surface area (Å²) in [6, 6.07) is 10.5. The molecule has 1 saturated heterocycles. The number of hydrogen-bond donors (Lipinski definition) is 1. The molecule has 0 bridgehead atoms. The van der Waals surface area contributed by atoms with Crippen molar-refractivity contribution < 1.29 is 14.4 Å². The van der Waals surface area contributed by atoms with Crippen molar-refractivity contribution in [3.63, 3.8) is 0 Å². The lowest BCUT2D eigenvalue weighted by Crippen LogP contribution is -2.30. The molecule has 1 aliphatic heterocycles. The summed E-state index contributed by atoms with van der Waals surface area (Å²) in [5, 5.41) is 0. The van der Waals surface area contributed by atoms with Crippen LogP contribution in [0.3, 0.4) is 0 Å². The van der Waals surface area contributed by atoms with Crippen molar-refractivity contribution >= 4 is 23.4 Å². The SMILES string of the molecule is NC(=O)c1nccc(N2C(=O)CCC2=O)c1-c1ccccc1. The molecule has 3 amide bonds. The van der Waals surface area contributed by atoms with Gasteiger partial charge in [0.25, 0.3) is 5.91 Å². The van der Waals surface area contributed by atoms with Crippen molar-refractivity contribution in [2.75, 3.05) is 4.90 Å². The molecule has 110 valence electrons. The summed E-state index contributed by atoms with van der Waals surface area (Å²) in [7, 11) is 0. The lowest BCUT2D eigenvalue weighted by molar-refractivity contribution is -0.121. The maximum Gasteiger partial charge on any atom is 0.268 e. The Hall–Kier alpha value is -3.02. The Kier molecular flexibility index (Phi) is 3.42. The van der Waals surface area contributed by atoms with Crippen molar-refractivity contribution in [1.82, 2.24) is 4.98 Å². The van der Waals surface area contributed by atoms with Crippen LogP contribution in [0.15, 0.2) is 42.6 Å². The Labute approximate surface area is 126 Å². The molecule has 2 N–H and O–H groups in total. The van der Waals surface area contributed by atoms with Crippen LogP contribution in [-0.4, -0.2) is 22.7 Å². The number of primary amides is 1. The van der Waals surface area contributed by atoms with Gasteiger partial charge in [0.15, 0.2) is 0 Å². The number of carbonyl (C=O) groups excluding carboxylic acids is 3. The number of aromatic nitrogens is 1. The van der Waals surface area contributed by atoms with Gasteiger partial charge in [-0.2, -0.15) is 0 Å². The molecule has 0 unspecified atom stereocenters. The molecular weight excluding hydrogens is 282 g/mol. The Balaban J connectivity index is 2.27. The highest BCUT2D eigenvalue weighted by Crippen LogP contribution is 2.35. The molecule has 6 heteroatoms. The smallest absolute Gasteiger partial charge is 0.268 e. The first kappa shape index (κ1) is 13.9. The molecular formula is C16H13N3O3. The second kappa shape index (κ2) is 5.40. The van der Waals surface area contributed by atoms with Crippen molar-refractivity contribution in [3.8, 4) is 11.1 Å². The molecule has 0 spiro atoms. The third-order valence-corrected chi connectivity index (χ3v) is 3.52. The summed E-state index contributed by atoms with van der Waals surface area (Å²) >= 11 is 0. The zero-order valence-corrected chi connectivity index (χ0v) is 11.7. The van der Waals surface area contributed by atoms with Crippen LogP contribution in [0.2, 0.25) is 0 Å². The van der Waals surface area contributed by atoms with Crippen molar-refractivity contribution in [2.45, 2.75) is 12.8 Å². The molecule has 2 heterocycles. The molecule has 1 aromatic heterocycles. The van der Waals surface area contributed by atoms with Crippen LogP contribution in [0.4, 0.5) is 5.69 Å². The second-order valence-electron chi connectivity index (χ2n) is 4.91. The number of nitrogens with two attached hydrogens (primary N) is 1. The average Bonchev–Trinajstić information content (AvgIpc) is 2.86. The summed E-state index contributed by atoms with van der Waals surface area (Å²) < 4.78 is 0. The second-order valence-corrected chi connectivity index (χ2v) is 4.91. The van der Waals surface area contributed by atoms with E-state index in [1.807, 2.05) is 6.07 Å². The van der Waals surface area contributed by atoms with Crippen molar-refractivity contribution in [2.24, 2.45) is 5.73 Å². The largest absolute Gasteiger partial charge is 0.364 e. The first-order valence-corrected chi connectivity index (χ1v) is 6.79. The molecule has 1 aromatic carbocycles. The minimum absolute atomic E-state index is 0.0381. The van der Waals surface area contributed by atoms with E-state index in [-0.39, 0.29) is 30.3 Å². The number of anilines is 1. The van der Waals surface area contributed by atoms with Gasteiger partial charge in [0, 0.05) is 24.6 Å². The number of amides is 3. The minimum atomic E-state index is -0.709. The zero-order valence-electron chi connectivity index (χ0n) is 11.7. The summed E-state index contributed by atoms with van der Waals surface area (Å²) in [6.07, 6.45) is 1.71. The van der Waals surface area contributed by atoms with E-state index in [0.717, 1.165) is 4.90 Å². The van der Waals surface area contributed by atoms with Crippen molar-refractivity contribution in [3.05, 3.63) is 48.3 Å². The normalized spacial score (nSPS) is 14.5. The van der Waals surface area contributed by atoms with Gasteiger partial charge in [-0.05, 0) is 11.6 Å². The maximum atomic E-state index is 12.0. The van der Waals surface area contributed by atoms with Crippen LogP contribution in [0.1, 0.15) is 23.3 Å². The van der Waals surface area contributed by atoms with E-state index < -0.39 is 5.91 Å². The topological polar surface area (TPSA) is 93.4 Å². The lowest BCUT2D eigenvalue weighted by Gasteiger charge is -2.19. The van der Waals surface area contributed by atoms with E-state index in [0.29, 0.717) is 16.8 Å². The first-order chi connectivity index (χ1) is 10.6. The fourth-order valence-electron chi connectivity index (χ4n) is 2.56. The quantitative estimate of drug-likeness (QED) is 0.868. The van der Waals surface area contributed by atoms with Crippen molar-refractivity contribution in [1.29, 1.82) is 0 Å². The molecule has 0 aliphatic carbocycles. The molecule has 1 fully saturated rings. The Morgan fingerprint density at radius 2 is 1.68 bits per heavy atom. The van der Waals surface area contributed by atoms with Gasteiger partial charge in [0.1, 0.15) is 5.69 Å². The van der Waals surface area contributed by atoms with Crippen LogP contribution in [-0.2, 0) is 9.59 Å². The summed E-state index contributed by atoms with van der Waals surface area (Å²) in [4.78, 5) is 40.9. The first-order valence-electron chi connectivity index (χ1n) is 6.79. The van der Waals surface area contributed by atoms with Gasteiger partial charge in [-0.3, -0.25) is 19.4 Å². The Bertz CT molecular complexity index is 755. The fourth-order valence-corrected chi connectivity index (χ4v) is 2.56. The van der Waals surface area contributed by atoms with Crippen LogP contribution in [0.5, 0.6) is 0 Å². The van der Waals surface area contributed by atoms with E-state index in [9.17, 15) is 14.4 Å². The highest BCUT2D eigenvalue weighted by Gasteiger charge is 2.33. The van der Waals surface area contributed by atoms with Gasteiger partial charge in [0.05, 0.1) is 5.69 Å². The van der Waals surface area contributed by atoms with Gasteiger partial charge in [-0.1, -0.05) is 30.3 Å². The lowest BCUT2D eigenvalue weighted by atomic mass is 10.0. The highest BCUT2D eigenvalue weighted by atomic mass is 16.2. The predicted molar refractivity (Wildman–Crippen MR) is 79.9 cm³/mol. The molecule has 0 saturated carbocycles. The van der Waals surface area contributed by atoms with Gasteiger partial charge < -0.3 is 5.73 Å². The number of pyridine rings is 1. The molecule has 1 aliphatic rings. The summed E-state index contributed by atoms with van der Waals surface area (Å²) in [5.41, 5.74) is 6.86. The van der Waals surface area contributed by atoms with E-state index in [4.69, 9.17) is 5.73 Å². The number of carbonyl (C=O) groups is 3. The van der Waals surface area contributed by atoms with Gasteiger partial charge in [-0.15, -0.1) is 0 Å². The number of benzene rings is 1. The van der Waals surface area contributed by atoms with Gasteiger partial charge in [-0.25, -0.2) is 4.90 Å². The van der Waals surface area contributed by atoms with E-state index in [1.54, 1.807) is 30.3 Å². The molecule has 2 aromatic rings. The number of hydrogen-bond acceptors (Lipinski definition) is 4. The molecule has 6 nitrogen and oxygen atoms in total. The van der Waals surface area contributed by atoms with Crippen LogP contribution in [0, 0.1) is 0 Å². The highest BCUT2D eigenvalue weighted by molar-refractivity contribution is 6.22. The van der Waals surface area contributed by atoms with E-state index >= 15 is 0 Å². The third-order valence-electron chi connectivity index (χ3n) is 3.52. The van der Waals surface area contributed by atoms with Crippen LogP contribution >= 0.6 is 0 Å². The number of nitrogens with zero attached hydrogens (tertiary/aromatic N) is 2. The Morgan fingerprint density at radius 1 is 1.05 bits per heavy atom. The third kappa shape index (κ3) is 2.24. The van der Waals surface area contributed by atoms with Gasteiger partial charge >= 0.3 is 0 Å². The molecule has 3 rings (SSSR count). The zero-order chi connectivity index (χ0) is 15.7. The van der Waals surface area contributed by atoms with E-state index in [1.165, 1.54) is 6.20 Å². The monoisotopic (exact) mass is 295 g/mol. The van der Waals surface area contributed by atoms with Gasteiger partial charge in [0.2, 0.25) is 11.8 Å². The Morgan fingerprint density at radius 3 is 2.27 bits per heavy atom. The van der Waals surface area contributed by atoms with Crippen LogP contribution < -0.4 is 10.6 Å². The predicted octanol–water partition coefficient (Wildman–Crippen LogP) is 1.50. The minimum Gasteiger partial charge on any atom is -0.364 e. The molecule has 0 atom stereocenters. The van der Waals surface area contributed by atoms with E-state index in [2.05, 4.69) is 4.98 Å². The fraction of sp³-hybridized carbons (Fsp3) is 0.125. The standard InChI is InChI=1S/C16H13N3O3/c17-16(22)15-14(10-4-2-1-3-5-10)11(8-9-18-15)19-12(20)6-7-13(19)21/h1-5,8-9H,6-7H2,(H2,17,22). The summed E-state index contributed by atoms with van der Waals surface area (Å²) in [6.45, 7) is 0. The maximum absolute atomic E-state index is 12.0. The molecule has 0 radical (unpaired) electrons. The van der Waals surface area contributed by atoms with Crippen LogP contribution in [0.25, 0.3) is 11.1 Å². The average molecular weight is 295 g/mol. The summed E-state index contributed by atoms with van der Waals surface area (Å²) in [5.74, 6) is -1.28. The molecule has 22 heavy (non-hydrogen) atoms.